The molecule has 5 heteroatoms. The maximum absolute atomic E-state index is 7.19. The average molecular weight is 1300 g/mol. The Kier molecular flexibility index (Phi) is 23.6. The third-order valence-electron chi connectivity index (χ3n) is 21.9. The van der Waals surface area contributed by atoms with Crippen LogP contribution in [0.1, 0.15) is 192 Å². The topological polar surface area (TPSA) is 53.5 Å². The van der Waals surface area contributed by atoms with Gasteiger partial charge in [0, 0.05) is 45.4 Å². The molecule has 0 saturated heterocycles. The molecule has 4 atom stereocenters. The Bertz CT molecular complexity index is 4310. The Morgan fingerprint density at radius 2 is 0.714 bits per heavy atom. The minimum atomic E-state index is 0.361. The number of fused-ring (bicyclic) bond motifs is 7. The van der Waals surface area contributed by atoms with E-state index in [-0.39, 0.29) is 0 Å². The molecule has 0 N–H and O–H groups in total. The van der Waals surface area contributed by atoms with Gasteiger partial charge in [0.05, 0.1) is 18.1 Å². The summed E-state index contributed by atoms with van der Waals surface area (Å²) in [6.07, 6.45) is 27.5. The lowest BCUT2D eigenvalue weighted by Crippen LogP contribution is -2.06. The van der Waals surface area contributed by atoms with Crippen LogP contribution in [0.4, 0.5) is 0 Å². The van der Waals surface area contributed by atoms with Crippen molar-refractivity contribution in [1.29, 1.82) is 0 Å². The molecule has 2 heterocycles. The van der Waals surface area contributed by atoms with Crippen molar-refractivity contribution in [1.82, 2.24) is 9.97 Å². The van der Waals surface area contributed by atoms with E-state index < -0.39 is 0 Å². The van der Waals surface area contributed by atoms with Gasteiger partial charge in [-0.2, -0.15) is 0 Å². The SMILES string of the molecule is CCCCC(CC)Cc1cccc2c(-c3cc(COc4ccc(COc5ccc(-c6cc7cccnc7c7ncccc67)cc5)cc4)cc(-c4c5cccc(CC(CC)CCCC)c5cc5c(CC(CC)CCCC)cccc45)c3OC)c3cccc(CC(CC)CCCC)c3cc12. The van der Waals surface area contributed by atoms with Crippen LogP contribution in [0.25, 0.3) is 98.3 Å². The lowest BCUT2D eigenvalue weighted by atomic mass is 9.81. The van der Waals surface area contributed by atoms with Crippen molar-refractivity contribution >= 4 is 64.9 Å². The van der Waals surface area contributed by atoms with E-state index in [1.807, 2.05) is 31.6 Å². The zero-order valence-corrected chi connectivity index (χ0v) is 60.4. The standard InChI is InChI=1S/C93H106N2O3/c1-10-18-28-63(14-5)52-70-32-22-37-77-83(70)59-84-71(53-64(15-6)29-19-11-2)33-23-38-78(84)89(77)87-56-68(62-98-75-46-42-67(43-47-75)61-97-76-48-44-69(45-49-76)82-58-74-36-26-50-94-91(74)92-81(82)41-27-51-95-92)57-88(93(87)96-9)90-79-39-24-34-72(54-65(16-7)30-20-12-3)85(79)60-86-73(35-25-40-80(86)90)55-66(17-8)31-21-13-4/h22-27,32-51,56-60,63-66H,10-21,28-31,52-55,61-62H2,1-9H3. The average Bonchev–Trinajstić information content (AvgIpc) is 0.727. The Balaban J connectivity index is 0.998. The van der Waals surface area contributed by atoms with E-state index in [4.69, 9.17) is 19.2 Å². The van der Waals surface area contributed by atoms with Gasteiger partial charge in [0.15, 0.2) is 0 Å². The molecule has 506 valence electrons. The molecule has 0 spiro atoms. The van der Waals surface area contributed by atoms with Crippen molar-refractivity contribution in [3.05, 3.63) is 222 Å². The molecule has 10 aromatic carbocycles. The van der Waals surface area contributed by atoms with Crippen molar-refractivity contribution in [2.45, 2.75) is 197 Å². The van der Waals surface area contributed by atoms with Crippen molar-refractivity contribution in [2.75, 3.05) is 7.11 Å². The summed E-state index contributed by atoms with van der Waals surface area (Å²) in [5, 5.41) is 12.7. The van der Waals surface area contributed by atoms with Crippen LogP contribution in [0, 0.1) is 23.7 Å². The summed E-state index contributed by atoms with van der Waals surface area (Å²) in [4.78, 5) is 9.42. The molecule has 0 saturated carbocycles. The third-order valence-corrected chi connectivity index (χ3v) is 21.9. The molecule has 0 aliphatic rings. The van der Waals surface area contributed by atoms with Gasteiger partial charge in [0.25, 0.3) is 0 Å². The highest BCUT2D eigenvalue weighted by Crippen LogP contribution is 2.51. The number of methoxy groups -OCH3 is 1. The molecule has 2 aromatic heterocycles. The van der Waals surface area contributed by atoms with Gasteiger partial charge in [-0.25, -0.2) is 0 Å². The molecule has 0 fully saturated rings. The van der Waals surface area contributed by atoms with Crippen LogP contribution in [-0.4, -0.2) is 17.1 Å². The van der Waals surface area contributed by atoms with Crippen LogP contribution in [0.5, 0.6) is 17.2 Å². The minimum Gasteiger partial charge on any atom is -0.495 e. The number of pyridine rings is 2. The summed E-state index contributed by atoms with van der Waals surface area (Å²) in [6, 6.07) is 66.1. The first-order valence-corrected chi connectivity index (χ1v) is 37.9. The van der Waals surface area contributed by atoms with Gasteiger partial charge >= 0.3 is 0 Å². The first kappa shape index (κ1) is 69.4. The Hall–Kier alpha value is -8.54. The molecule has 12 aromatic rings. The zero-order chi connectivity index (χ0) is 67.9. The van der Waals surface area contributed by atoms with E-state index in [9.17, 15) is 0 Å². The lowest BCUT2D eigenvalue weighted by Gasteiger charge is -2.25. The number of unbranched alkanes of at least 4 members (excludes halogenated alkanes) is 4. The number of benzene rings is 10. The molecule has 0 radical (unpaired) electrons. The summed E-state index contributed by atoms with van der Waals surface area (Å²) in [5.41, 5.74) is 16.7. The fourth-order valence-electron chi connectivity index (χ4n) is 16.0. The van der Waals surface area contributed by atoms with E-state index in [1.165, 1.54) is 179 Å². The maximum Gasteiger partial charge on any atom is 0.134 e. The molecular formula is C93H106N2O3. The van der Waals surface area contributed by atoms with Crippen LogP contribution >= 0.6 is 0 Å². The van der Waals surface area contributed by atoms with Crippen molar-refractivity contribution in [3.63, 3.8) is 0 Å². The monoisotopic (exact) mass is 1300 g/mol. The van der Waals surface area contributed by atoms with E-state index in [2.05, 4.69) is 224 Å². The van der Waals surface area contributed by atoms with Crippen molar-refractivity contribution in [2.24, 2.45) is 23.7 Å². The largest absolute Gasteiger partial charge is 0.495 e. The van der Waals surface area contributed by atoms with Gasteiger partial charge in [-0.3, -0.25) is 9.97 Å². The number of hydrogen-bond acceptors (Lipinski definition) is 5. The summed E-state index contributed by atoms with van der Waals surface area (Å²) in [5.74, 6) is 4.98. The summed E-state index contributed by atoms with van der Waals surface area (Å²) in [6.45, 7) is 19.7. The Morgan fingerprint density at radius 1 is 0.337 bits per heavy atom. The number of aromatic nitrogens is 2. The number of ether oxygens (including phenoxy) is 3. The number of hydrogen-bond donors (Lipinski definition) is 0. The highest BCUT2D eigenvalue weighted by atomic mass is 16.5. The second kappa shape index (κ2) is 33.3. The molecule has 0 aliphatic carbocycles. The van der Waals surface area contributed by atoms with Crippen LogP contribution in [0.3, 0.4) is 0 Å². The molecule has 5 nitrogen and oxygen atoms in total. The van der Waals surface area contributed by atoms with Gasteiger partial charge in [-0.15, -0.1) is 0 Å². The summed E-state index contributed by atoms with van der Waals surface area (Å²) < 4.78 is 20.7. The van der Waals surface area contributed by atoms with E-state index >= 15 is 0 Å². The quantitative estimate of drug-likeness (QED) is 0.0297. The fraction of sp³-hybridized carbons (Fsp3) is 0.376. The fourth-order valence-corrected chi connectivity index (χ4v) is 16.0. The van der Waals surface area contributed by atoms with Gasteiger partial charge in [-0.05, 0) is 204 Å². The third kappa shape index (κ3) is 15.5. The van der Waals surface area contributed by atoms with Gasteiger partial charge in [0.2, 0.25) is 0 Å². The minimum absolute atomic E-state index is 0.361. The molecule has 0 bridgehead atoms. The second-order valence-corrected chi connectivity index (χ2v) is 28.4. The number of nitrogens with zero attached hydrogens (tertiary/aromatic N) is 2. The molecular weight excluding hydrogens is 1190 g/mol. The Morgan fingerprint density at radius 3 is 1.11 bits per heavy atom. The zero-order valence-electron chi connectivity index (χ0n) is 60.4. The molecule has 0 amide bonds. The van der Waals surface area contributed by atoms with Gasteiger partial charge in [0.1, 0.15) is 30.5 Å². The molecule has 4 unspecified atom stereocenters. The first-order valence-electron chi connectivity index (χ1n) is 37.9. The lowest BCUT2D eigenvalue weighted by molar-refractivity contribution is 0.301. The van der Waals surface area contributed by atoms with E-state index in [0.717, 1.165) is 98.1 Å². The first-order chi connectivity index (χ1) is 48.2. The van der Waals surface area contributed by atoms with Crippen LogP contribution in [0.15, 0.2) is 188 Å². The number of rotatable bonds is 34. The maximum atomic E-state index is 7.19. The highest BCUT2D eigenvalue weighted by molar-refractivity contribution is 6.19. The second-order valence-electron chi connectivity index (χ2n) is 28.4. The highest BCUT2D eigenvalue weighted by Gasteiger charge is 2.27. The molecule has 0 aliphatic heterocycles. The molecule has 98 heavy (non-hydrogen) atoms. The van der Waals surface area contributed by atoms with Crippen molar-refractivity contribution in [3.8, 4) is 50.6 Å². The predicted molar refractivity (Wildman–Crippen MR) is 420 cm³/mol. The predicted octanol–water partition coefficient (Wildman–Crippen LogP) is 26.6. The van der Waals surface area contributed by atoms with Crippen molar-refractivity contribution < 1.29 is 14.2 Å². The van der Waals surface area contributed by atoms with Crippen LogP contribution in [-0.2, 0) is 38.9 Å². The van der Waals surface area contributed by atoms with Crippen LogP contribution < -0.4 is 14.2 Å². The summed E-state index contributed by atoms with van der Waals surface area (Å²) in [7, 11) is 1.93. The smallest absolute Gasteiger partial charge is 0.134 e. The van der Waals surface area contributed by atoms with E-state index in [1.54, 1.807) is 0 Å². The normalized spacial score (nSPS) is 13.1. The summed E-state index contributed by atoms with van der Waals surface area (Å²) >= 11 is 0. The Labute approximate surface area is 585 Å². The molecule has 12 rings (SSSR count). The van der Waals surface area contributed by atoms with Gasteiger partial charge < -0.3 is 14.2 Å². The van der Waals surface area contributed by atoms with Crippen LogP contribution in [0.2, 0.25) is 0 Å². The van der Waals surface area contributed by atoms with Gasteiger partial charge in [-0.1, -0.05) is 267 Å². The van der Waals surface area contributed by atoms with E-state index in [0.29, 0.717) is 36.9 Å².